The van der Waals surface area contributed by atoms with Crippen LogP contribution < -0.4 is 14.8 Å². The fraction of sp³-hybridized carbons (Fsp3) is 0.571. The Morgan fingerprint density at radius 2 is 2.06 bits per heavy atom. The van der Waals surface area contributed by atoms with Crippen molar-refractivity contribution >= 4 is 0 Å². The van der Waals surface area contributed by atoms with E-state index in [1.54, 1.807) is 7.11 Å². The van der Waals surface area contributed by atoms with Gasteiger partial charge in [-0.3, -0.25) is 0 Å². The molecule has 0 heterocycles. The van der Waals surface area contributed by atoms with Crippen molar-refractivity contribution in [3.63, 3.8) is 0 Å². The van der Waals surface area contributed by atoms with Crippen LogP contribution in [0.15, 0.2) is 18.2 Å². The highest BCUT2D eigenvalue weighted by molar-refractivity contribution is 5.42. The van der Waals surface area contributed by atoms with Crippen LogP contribution in [0.2, 0.25) is 0 Å². The molecule has 1 unspecified atom stereocenters. The molecular formula is C14H23NO2. The van der Waals surface area contributed by atoms with Gasteiger partial charge in [-0.1, -0.05) is 26.3 Å². The molecule has 0 bridgehead atoms. The lowest BCUT2D eigenvalue weighted by molar-refractivity contribution is 0.244. The second kappa shape index (κ2) is 7.17. The van der Waals surface area contributed by atoms with E-state index in [2.05, 4.69) is 19.2 Å². The molecule has 0 aromatic heterocycles. The first-order chi connectivity index (χ1) is 8.21. The second-order valence-corrected chi connectivity index (χ2v) is 4.34. The SMILES string of the molecule is CCC(C)COc1cc(CNC)ccc1OC. The van der Waals surface area contributed by atoms with Crippen LogP contribution in [0.1, 0.15) is 25.8 Å². The zero-order chi connectivity index (χ0) is 12.7. The Balaban J connectivity index is 2.75. The van der Waals surface area contributed by atoms with Crippen LogP contribution >= 0.6 is 0 Å². The summed E-state index contributed by atoms with van der Waals surface area (Å²) in [7, 11) is 3.60. The van der Waals surface area contributed by atoms with Gasteiger partial charge in [-0.25, -0.2) is 0 Å². The Kier molecular flexibility index (Phi) is 5.84. The molecule has 0 fully saturated rings. The minimum atomic E-state index is 0.563. The fourth-order valence-electron chi connectivity index (χ4n) is 1.50. The van der Waals surface area contributed by atoms with Gasteiger partial charge in [0.05, 0.1) is 13.7 Å². The molecule has 1 rings (SSSR count). The maximum Gasteiger partial charge on any atom is 0.161 e. The Morgan fingerprint density at radius 1 is 1.29 bits per heavy atom. The average molecular weight is 237 g/mol. The minimum Gasteiger partial charge on any atom is -0.493 e. The summed E-state index contributed by atoms with van der Waals surface area (Å²) in [5, 5.41) is 3.13. The van der Waals surface area contributed by atoms with Crippen molar-refractivity contribution in [1.29, 1.82) is 0 Å². The van der Waals surface area contributed by atoms with Crippen molar-refractivity contribution in [3.8, 4) is 11.5 Å². The number of hydrogen-bond acceptors (Lipinski definition) is 3. The molecule has 0 aliphatic heterocycles. The van der Waals surface area contributed by atoms with Gasteiger partial charge in [-0.05, 0) is 30.7 Å². The summed E-state index contributed by atoms with van der Waals surface area (Å²) < 4.78 is 11.1. The second-order valence-electron chi connectivity index (χ2n) is 4.34. The summed E-state index contributed by atoms with van der Waals surface area (Å²) in [5.74, 6) is 2.20. The van der Waals surface area contributed by atoms with E-state index in [-0.39, 0.29) is 0 Å². The number of hydrogen-bond donors (Lipinski definition) is 1. The van der Waals surface area contributed by atoms with Gasteiger partial charge in [0.2, 0.25) is 0 Å². The lowest BCUT2D eigenvalue weighted by atomic mass is 10.1. The molecule has 96 valence electrons. The molecule has 0 aliphatic rings. The van der Waals surface area contributed by atoms with Gasteiger partial charge in [-0.15, -0.1) is 0 Å². The molecule has 0 radical (unpaired) electrons. The zero-order valence-electron chi connectivity index (χ0n) is 11.2. The van der Waals surface area contributed by atoms with Crippen LogP contribution in [0.3, 0.4) is 0 Å². The number of benzene rings is 1. The molecule has 0 saturated heterocycles. The summed E-state index contributed by atoms with van der Waals surface area (Å²) in [6.07, 6.45) is 1.12. The average Bonchev–Trinajstić information content (AvgIpc) is 2.36. The first kappa shape index (κ1) is 13.8. The molecule has 0 spiro atoms. The van der Waals surface area contributed by atoms with E-state index in [0.29, 0.717) is 5.92 Å². The normalized spacial score (nSPS) is 12.2. The van der Waals surface area contributed by atoms with E-state index in [9.17, 15) is 0 Å². The van der Waals surface area contributed by atoms with Crippen molar-refractivity contribution in [2.45, 2.75) is 26.8 Å². The lowest BCUT2D eigenvalue weighted by Gasteiger charge is -2.14. The summed E-state index contributed by atoms with van der Waals surface area (Å²) in [5.41, 5.74) is 1.20. The molecule has 0 amide bonds. The monoisotopic (exact) mass is 237 g/mol. The summed E-state index contributed by atoms with van der Waals surface area (Å²) in [4.78, 5) is 0. The predicted molar refractivity (Wildman–Crippen MR) is 70.7 cm³/mol. The molecule has 1 N–H and O–H groups in total. The topological polar surface area (TPSA) is 30.5 Å². The van der Waals surface area contributed by atoms with Gasteiger partial charge >= 0.3 is 0 Å². The summed E-state index contributed by atoms with van der Waals surface area (Å²) in [6, 6.07) is 6.04. The Bertz CT molecular complexity index is 339. The van der Waals surface area contributed by atoms with Crippen molar-refractivity contribution in [1.82, 2.24) is 5.32 Å². The fourth-order valence-corrected chi connectivity index (χ4v) is 1.50. The standard InChI is InChI=1S/C14H23NO2/c1-5-11(2)10-17-14-8-12(9-15-3)6-7-13(14)16-4/h6-8,11,15H,5,9-10H2,1-4H3. The van der Waals surface area contributed by atoms with Crippen LogP contribution in [0.5, 0.6) is 11.5 Å². The molecular weight excluding hydrogens is 214 g/mol. The quantitative estimate of drug-likeness (QED) is 0.791. The van der Waals surface area contributed by atoms with E-state index in [1.165, 1.54) is 5.56 Å². The van der Waals surface area contributed by atoms with Crippen LogP contribution in [0, 0.1) is 5.92 Å². The van der Waals surface area contributed by atoms with Crippen LogP contribution in [-0.4, -0.2) is 20.8 Å². The Hall–Kier alpha value is -1.22. The van der Waals surface area contributed by atoms with E-state index in [0.717, 1.165) is 31.1 Å². The maximum absolute atomic E-state index is 5.81. The van der Waals surface area contributed by atoms with Crippen molar-refractivity contribution in [3.05, 3.63) is 23.8 Å². The highest BCUT2D eigenvalue weighted by Gasteiger charge is 2.07. The molecule has 0 aliphatic carbocycles. The number of rotatable bonds is 7. The van der Waals surface area contributed by atoms with Crippen LogP contribution in [-0.2, 0) is 6.54 Å². The highest BCUT2D eigenvalue weighted by Crippen LogP contribution is 2.28. The first-order valence-electron chi connectivity index (χ1n) is 6.15. The first-order valence-corrected chi connectivity index (χ1v) is 6.15. The molecule has 17 heavy (non-hydrogen) atoms. The molecule has 1 atom stereocenters. The lowest BCUT2D eigenvalue weighted by Crippen LogP contribution is -2.09. The van der Waals surface area contributed by atoms with Crippen LogP contribution in [0.25, 0.3) is 0 Å². The van der Waals surface area contributed by atoms with Crippen molar-refractivity contribution < 1.29 is 9.47 Å². The highest BCUT2D eigenvalue weighted by atomic mass is 16.5. The number of ether oxygens (including phenoxy) is 2. The zero-order valence-corrected chi connectivity index (χ0v) is 11.2. The molecule has 3 nitrogen and oxygen atoms in total. The van der Waals surface area contributed by atoms with Crippen LogP contribution in [0.4, 0.5) is 0 Å². The molecule has 1 aromatic rings. The van der Waals surface area contributed by atoms with Gasteiger partial charge in [0.1, 0.15) is 0 Å². The number of methoxy groups -OCH3 is 1. The smallest absolute Gasteiger partial charge is 0.161 e. The van der Waals surface area contributed by atoms with E-state index < -0.39 is 0 Å². The van der Waals surface area contributed by atoms with Gasteiger partial charge in [0.25, 0.3) is 0 Å². The third-order valence-corrected chi connectivity index (χ3v) is 2.83. The van der Waals surface area contributed by atoms with Gasteiger partial charge in [0, 0.05) is 6.54 Å². The van der Waals surface area contributed by atoms with Crippen molar-refractivity contribution in [2.24, 2.45) is 5.92 Å². The number of nitrogens with one attached hydrogen (secondary N) is 1. The molecule has 0 saturated carbocycles. The summed E-state index contributed by atoms with van der Waals surface area (Å²) in [6.45, 7) is 5.92. The van der Waals surface area contributed by atoms with Gasteiger partial charge in [0.15, 0.2) is 11.5 Å². The van der Waals surface area contributed by atoms with Gasteiger partial charge in [-0.2, -0.15) is 0 Å². The molecule has 1 aromatic carbocycles. The minimum absolute atomic E-state index is 0.563. The third kappa shape index (κ3) is 4.27. The Labute approximate surface area is 104 Å². The summed E-state index contributed by atoms with van der Waals surface area (Å²) >= 11 is 0. The van der Waals surface area contributed by atoms with Crippen molar-refractivity contribution in [2.75, 3.05) is 20.8 Å². The predicted octanol–water partition coefficient (Wildman–Crippen LogP) is 2.84. The van der Waals surface area contributed by atoms with E-state index in [1.807, 2.05) is 25.2 Å². The molecule has 3 heteroatoms. The van der Waals surface area contributed by atoms with E-state index >= 15 is 0 Å². The largest absolute Gasteiger partial charge is 0.493 e. The third-order valence-electron chi connectivity index (χ3n) is 2.83. The Morgan fingerprint density at radius 3 is 2.65 bits per heavy atom. The maximum atomic E-state index is 5.81. The van der Waals surface area contributed by atoms with Gasteiger partial charge < -0.3 is 14.8 Å². The van der Waals surface area contributed by atoms with E-state index in [4.69, 9.17) is 9.47 Å².